The molecule has 2 rings (SSSR count). The van der Waals surface area contributed by atoms with Gasteiger partial charge in [-0.1, -0.05) is 17.8 Å². The van der Waals surface area contributed by atoms with Gasteiger partial charge in [0.25, 0.3) is 0 Å². The van der Waals surface area contributed by atoms with Gasteiger partial charge < -0.3 is 14.6 Å². The first-order valence-electron chi connectivity index (χ1n) is 8.05. The van der Waals surface area contributed by atoms with Crippen LogP contribution in [0, 0.1) is 0 Å². The Morgan fingerprint density at radius 2 is 2.32 bits per heavy atom. The number of ether oxygens (including phenoxy) is 1. The second kappa shape index (κ2) is 8.81. The highest BCUT2D eigenvalue weighted by Crippen LogP contribution is 2.31. The number of carbonyl (C=O) groups is 1. The molecule has 0 aromatic carbocycles. The molecule has 2 heterocycles. The van der Waals surface area contributed by atoms with Gasteiger partial charge in [0.15, 0.2) is 15.0 Å². The van der Waals surface area contributed by atoms with E-state index in [0.717, 1.165) is 0 Å². The van der Waals surface area contributed by atoms with Gasteiger partial charge in [-0.3, -0.25) is 4.79 Å². The number of allylic oxidation sites excluding steroid dienone is 1. The SMILES string of the molecule is C=CCn1c(S[C@H](C)C(=O)NCCOC)nnc1[C@@H]1CCS(=O)(=O)C1. The number of amides is 1. The van der Waals surface area contributed by atoms with Crippen molar-refractivity contribution < 1.29 is 17.9 Å². The summed E-state index contributed by atoms with van der Waals surface area (Å²) >= 11 is 1.30. The van der Waals surface area contributed by atoms with E-state index >= 15 is 0 Å². The predicted molar refractivity (Wildman–Crippen MR) is 96.4 cm³/mol. The molecule has 1 fully saturated rings. The van der Waals surface area contributed by atoms with Crippen LogP contribution in [0.1, 0.15) is 25.1 Å². The third kappa shape index (κ3) is 5.29. The molecular formula is C15H24N4O4S2. The first kappa shape index (κ1) is 19.9. The molecule has 1 N–H and O–H groups in total. The van der Waals surface area contributed by atoms with Gasteiger partial charge in [-0.25, -0.2) is 8.42 Å². The van der Waals surface area contributed by atoms with Gasteiger partial charge in [0.2, 0.25) is 5.91 Å². The van der Waals surface area contributed by atoms with Crippen LogP contribution in [0.5, 0.6) is 0 Å². The smallest absolute Gasteiger partial charge is 0.233 e. The third-order valence-corrected chi connectivity index (χ3v) is 6.76. The van der Waals surface area contributed by atoms with Gasteiger partial charge in [0.1, 0.15) is 5.82 Å². The van der Waals surface area contributed by atoms with Crippen LogP contribution in [0.25, 0.3) is 0 Å². The van der Waals surface area contributed by atoms with Crippen LogP contribution >= 0.6 is 11.8 Å². The topological polar surface area (TPSA) is 103 Å². The zero-order valence-electron chi connectivity index (χ0n) is 14.5. The number of sulfone groups is 1. The molecule has 0 unspecified atom stereocenters. The summed E-state index contributed by atoms with van der Waals surface area (Å²) in [5.41, 5.74) is 0. The standard InChI is InChI=1S/C15H24N4O4S2/c1-4-7-19-13(12-5-9-25(21,22)10-12)17-18-15(19)24-11(2)14(20)16-6-8-23-3/h4,11-12H,1,5-10H2,2-3H3,(H,16,20)/t11-,12-/m1/s1. The summed E-state index contributed by atoms with van der Waals surface area (Å²) in [4.78, 5) is 12.1. The molecule has 1 aromatic rings. The molecule has 10 heteroatoms. The number of thioether (sulfide) groups is 1. The molecule has 0 bridgehead atoms. The Kier molecular flexibility index (Phi) is 7.03. The highest BCUT2D eigenvalue weighted by atomic mass is 32.2. The molecule has 1 saturated heterocycles. The van der Waals surface area contributed by atoms with E-state index in [1.54, 1.807) is 20.1 Å². The van der Waals surface area contributed by atoms with Crippen molar-refractivity contribution in [3.63, 3.8) is 0 Å². The summed E-state index contributed by atoms with van der Waals surface area (Å²) in [6.45, 7) is 6.91. The van der Waals surface area contributed by atoms with Crippen molar-refractivity contribution in [2.75, 3.05) is 31.8 Å². The fourth-order valence-electron chi connectivity index (χ4n) is 2.62. The van der Waals surface area contributed by atoms with E-state index in [-0.39, 0.29) is 28.6 Å². The lowest BCUT2D eigenvalue weighted by atomic mass is 10.1. The maximum absolute atomic E-state index is 12.1. The average molecular weight is 389 g/mol. The number of nitrogens with zero attached hydrogens (tertiary/aromatic N) is 3. The number of rotatable bonds is 9. The number of nitrogens with one attached hydrogen (secondary N) is 1. The number of carbonyl (C=O) groups excluding carboxylic acids is 1. The van der Waals surface area contributed by atoms with E-state index in [0.29, 0.717) is 37.1 Å². The largest absolute Gasteiger partial charge is 0.383 e. The lowest BCUT2D eigenvalue weighted by molar-refractivity contribution is -0.120. The molecule has 1 aromatic heterocycles. The summed E-state index contributed by atoms with van der Waals surface area (Å²) in [6.07, 6.45) is 2.26. The van der Waals surface area contributed by atoms with Crippen molar-refractivity contribution in [1.29, 1.82) is 0 Å². The molecule has 0 spiro atoms. The van der Waals surface area contributed by atoms with E-state index in [4.69, 9.17) is 4.74 Å². The Morgan fingerprint density at radius 3 is 2.92 bits per heavy atom. The molecule has 1 aliphatic rings. The van der Waals surface area contributed by atoms with Crippen molar-refractivity contribution in [2.45, 2.75) is 36.2 Å². The second-order valence-corrected chi connectivity index (χ2v) is 9.42. The van der Waals surface area contributed by atoms with Crippen molar-refractivity contribution in [3.05, 3.63) is 18.5 Å². The van der Waals surface area contributed by atoms with Gasteiger partial charge in [-0.2, -0.15) is 0 Å². The van der Waals surface area contributed by atoms with Crippen molar-refractivity contribution in [1.82, 2.24) is 20.1 Å². The molecule has 0 saturated carbocycles. The Hall–Kier alpha value is -1.39. The van der Waals surface area contributed by atoms with Crippen LogP contribution in [-0.2, 0) is 25.9 Å². The zero-order valence-corrected chi connectivity index (χ0v) is 16.1. The van der Waals surface area contributed by atoms with Crippen molar-refractivity contribution in [3.8, 4) is 0 Å². The zero-order chi connectivity index (χ0) is 18.4. The molecule has 25 heavy (non-hydrogen) atoms. The minimum absolute atomic E-state index is 0.0972. The fraction of sp³-hybridized carbons (Fsp3) is 0.667. The predicted octanol–water partition coefficient (Wildman–Crippen LogP) is 0.609. The average Bonchev–Trinajstić information content (AvgIpc) is 3.11. The molecule has 140 valence electrons. The van der Waals surface area contributed by atoms with Crippen LogP contribution < -0.4 is 5.32 Å². The molecule has 1 aliphatic heterocycles. The monoisotopic (exact) mass is 388 g/mol. The Labute approximate surface area is 152 Å². The van der Waals surface area contributed by atoms with Gasteiger partial charge in [0, 0.05) is 26.1 Å². The third-order valence-electron chi connectivity index (χ3n) is 3.91. The van der Waals surface area contributed by atoms with Gasteiger partial charge in [-0.05, 0) is 13.3 Å². The lowest BCUT2D eigenvalue weighted by Crippen LogP contribution is -2.33. The summed E-state index contributed by atoms with van der Waals surface area (Å²) in [6, 6.07) is 0. The summed E-state index contributed by atoms with van der Waals surface area (Å²) in [5, 5.41) is 11.4. The Balaban J connectivity index is 2.10. The van der Waals surface area contributed by atoms with Crippen LogP contribution in [0.2, 0.25) is 0 Å². The first-order valence-corrected chi connectivity index (χ1v) is 10.8. The van der Waals surface area contributed by atoms with Crippen molar-refractivity contribution >= 4 is 27.5 Å². The van der Waals surface area contributed by atoms with E-state index in [2.05, 4.69) is 22.1 Å². The fourth-order valence-corrected chi connectivity index (χ4v) is 5.25. The van der Waals surface area contributed by atoms with E-state index in [9.17, 15) is 13.2 Å². The van der Waals surface area contributed by atoms with Gasteiger partial charge in [-0.15, -0.1) is 16.8 Å². The minimum Gasteiger partial charge on any atom is -0.383 e. The Morgan fingerprint density at radius 1 is 1.56 bits per heavy atom. The normalized spacial score (nSPS) is 20.3. The quantitative estimate of drug-likeness (QED) is 0.375. The molecule has 0 aliphatic carbocycles. The number of hydrogen-bond donors (Lipinski definition) is 1. The lowest BCUT2D eigenvalue weighted by Gasteiger charge is -2.14. The second-order valence-electron chi connectivity index (χ2n) is 5.88. The summed E-state index contributed by atoms with van der Waals surface area (Å²) in [5.74, 6) is 0.660. The molecular weight excluding hydrogens is 364 g/mol. The maximum Gasteiger partial charge on any atom is 0.233 e. The van der Waals surface area contributed by atoms with E-state index in [1.165, 1.54) is 11.8 Å². The maximum atomic E-state index is 12.1. The van der Waals surface area contributed by atoms with Crippen molar-refractivity contribution in [2.24, 2.45) is 0 Å². The van der Waals surface area contributed by atoms with Crippen LogP contribution in [-0.4, -0.2) is 66.1 Å². The highest BCUT2D eigenvalue weighted by Gasteiger charge is 2.33. The van der Waals surface area contributed by atoms with Gasteiger partial charge in [0.05, 0.1) is 23.4 Å². The van der Waals surface area contributed by atoms with Gasteiger partial charge >= 0.3 is 0 Å². The van der Waals surface area contributed by atoms with Crippen LogP contribution in [0.4, 0.5) is 0 Å². The highest BCUT2D eigenvalue weighted by molar-refractivity contribution is 8.00. The molecule has 2 atom stereocenters. The minimum atomic E-state index is -3.01. The van der Waals surface area contributed by atoms with Crippen LogP contribution in [0.15, 0.2) is 17.8 Å². The molecule has 8 nitrogen and oxygen atoms in total. The number of methoxy groups -OCH3 is 1. The van der Waals surface area contributed by atoms with Crippen LogP contribution in [0.3, 0.4) is 0 Å². The summed E-state index contributed by atoms with van der Waals surface area (Å²) in [7, 11) is -1.43. The number of hydrogen-bond acceptors (Lipinski definition) is 7. The Bertz CT molecular complexity index is 717. The molecule has 0 radical (unpaired) electrons. The van der Waals surface area contributed by atoms with E-state index in [1.807, 2.05) is 4.57 Å². The first-order chi connectivity index (χ1) is 11.9. The summed E-state index contributed by atoms with van der Waals surface area (Å²) < 4.78 is 30.2. The number of aromatic nitrogens is 3. The molecule has 1 amide bonds. The van der Waals surface area contributed by atoms with E-state index < -0.39 is 9.84 Å².